The van der Waals surface area contributed by atoms with Crippen LogP contribution in [0.1, 0.15) is 25.3 Å². The molecule has 0 aromatic heterocycles. The predicted molar refractivity (Wildman–Crippen MR) is 90.6 cm³/mol. The second-order valence-corrected chi connectivity index (χ2v) is 6.60. The minimum absolute atomic E-state index is 0.573. The first-order valence-electron chi connectivity index (χ1n) is 8.43. The van der Waals surface area contributed by atoms with Crippen LogP contribution in [-0.4, -0.2) is 62.8 Å². The van der Waals surface area contributed by atoms with Gasteiger partial charge in [0.15, 0.2) is 11.5 Å². The number of hydrogen-bond donors (Lipinski definition) is 0. The van der Waals surface area contributed by atoms with Gasteiger partial charge in [0, 0.05) is 31.7 Å². The summed E-state index contributed by atoms with van der Waals surface area (Å²) in [6.07, 6.45) is 2.67. The summed E-state index contributed by atoms with van der Waals surface area (Å²) in [5.41, 5.74) is 1.21. The Morgan fingerprint density at radius 3 is 2.35 bits per heavy atom. The van der Waals surface area contributed by atoms with Crippen LogP contribution in [0.15, 0.2) is 12.1 Å². The van der Waals surface area contributed by atoms with Crippen molar-refractivity contribution >= 4 is 0 Å². The van der Waals surface area contributed by atoms with E-state index in [1.807, 2.05) is 0 Å². The summed E-state index contributed by atoms with van der Waals surface area (Å²) in [5.74, 6) is 2.12. The molecular weight excluding hydrogens is 292 g/mol. The van der Waals surface area contributed by atoms with Crippen LogP contribution >= 0.6 is 0 Å². The van der Waals surface area contributed by atoms with E-state index in [-0.39, 0.29) is 0 Å². The van der Waals surface area contributed by atoms with Gasteiger partial charge >= 0.3 is 0 Å². The number of methoxy groups -OCH3 is 3. The monoisotopic (exact) mass is 320 g/mol. The van der Waals surface area contributed by atoms with Gasteiger partial charge in [0.2, 0.25) is 5.75 Å². The van der Waals surface area contributed by atoms with E-state index in [0.29, 0.717) is 11.8 Å². The first kappa shape index (κ1) is 16.4. The van der Waals surface area contributed by atoms with Crippen molar-refractivity contribution in [1.29, 1.82) is 0 Å². The molecule has 1 aromatic rings. The van der Waals surface area contributed by atoms with Crippen LogP contribution in [0.25, 0.3) is 0 Å². The molecule has 3 rings (SSSR count). The van der Waals surface area contributed by atoms with Gasteiger partial charge in [0.25, 0.3) is 0 Å². The summed E-state index contributed by atoms with van der Waals surface area (Å²) in [4.78, 5) is 5.23. The fraction of sp³-hybridized carbons (Fsp3) is 0.667. The van der Waals surface area contributed by atoms with Crippen LogP contribution in [0, 0.1) is 0 Å². The first-order chi connectivity index (χ1) is 11.2. The Morgan fingerprint density at radius 1 is 1.04 bits per heavy atom. The second-order valence-electron chi connectivity index (χ2n) is 6.60. The third-order valence-corrected chi connectivity index (χ3v) is 5.18. The first-order valence-corrected chi connectivity index (χ1v) is 8.43. The zero-order chi connectivity index (χ0) is 16.4. The third kappa shape index (κ3) is 3.26. The molecule has 2 fully saturated rings. The Balaban J connectivity index is 1.79. The molecule has 0 amide bonds. The molecule has 2 aliphatic heterocycles. The van der Waals surface area contributed by atoms with E-state index in [4.69, 9.17) is 14.2 Å². The van der Waals surface area contributed by atoms with Crippen molar-refractivity contribution in [3.8, 4) is 17.2 Å². The normalized spacial score (nSPS) is 25.2. The molecule has 0 N–H and O–H groups in total. The molecule has 1 unspecified atom stereocenters. The highest BCUT2D eigenvalue weighted by molar-refractivity contribution is 5.53. The van der Waals surface area contributed by atoms with Crippen molar-refractivity contribution < 1.29 is 14.2 Å². The molecule has 0 saturated carbocycles. The number of fused-ring (bicyclic) bond motifs is 1. The van der Waals surface area contributed by atoms with Gasteiger partial charge < -0.3 is 14.2 Å². The largest absolute Gasteiger partial charge is 0.493 e. The van der Waals surface area contributed by atoms with Crippen LogP contribution in [0.5, 0.6) is 17.2 Å². The van der Waals surface area contributed by atoms with E-state index >= 15 is 0 Å². The number of nitrogens with zero attached hydrogens (tertiary/aromatic N) is 2. The van der Waals surface area contributed by atoms with Crippen LogP contribution < -0.4 is 14.2 Å². The second kappa shape index (κ2) is 6.97. The zero-order valence-electron chi connectivity index (χ0n) is 14.7. The van der Waals surface area contributed by atoms with E-state index in [2.05, 4.69) is 28.9 Å². The molecule has 1 aromatic carbocycles. The highest BCUT2D eigenvalue weighted by atomic mass is 16.5. The van der Waals surface area contributed by atoms with Crippen LogP contribution in [-0.2, 0) is 6.54 Å². The van der Waals surface area contributed by atoms with E-state index in [0.717, 1.165) is 30.6 Å². The van der Waals surface area contributed by atoms with Crippen LogP contribution in [0.2, 0.25) is 0 Å². The lowest BCUT2D eigenvalue weighted by atomic mass is 10.1. The number of ether oxygens (including phenoxy) is 3. The Kier molecular flexibility index (Phi) is 4.97. The quantitative estimate of drug-likeness (QED) is 0.832. The smallest absolute Gasteiger partial charge is 0.203 e. The number of rotatable bonds is 5. The average Bonchev–Trinajstić information content (AvgIpc) is 3.01. The van der Waals surface area contributed by atoms with Gasteiger partial charge in [-0.05, 0) is 44.0 Å². The number of piperazine rings is 1. The fourth-order valence-electron chi connectivity index (χ4n) is 3.93. The Bertz CT molecular complexity index is 524. The van der Waals surface area contributed by atoms with Gasteiger partial charge in [0.05, 0.1) is 21.3 Å². The molecule has 2 aliphatic rings. The third-order valence-electron chi connectivity index (χ3n) is 5.18. The van der Waals surface area contributed by atoms with Crippen LogP contribution in [0.4, 0.5) is 0 Å². The van der Waals surface area contributed by atoms with Gasteiger partial charge in [-0.3, -0.25) is 9.80 Å². The molecule has 0 spiro atoms. The van der Waals surface area contributed by atoms with Crippen molar-refractivity contribution in [2.75, 3.05) is 41.0 Å². The summed E-state index contributed by atoms with van der Waals surface area (Å²) in [6, 6.07) is 5.43. The van der Waals surface area contributed by atoms with Gasteiger partial charge in [0.1, 0.15) is 0 Å². The zero-order valence-corrected chi connectivity index (χ0v) is 14.7. The molecule has 0 bridgehead atoms. The van der Waals surface area contributed by atoms with Gasteiger partial charge in [-0.25, -0.2) is 0 Å². The molecule has 5 nitrogen and oxygen atoms in total. The highest BCUT2D eigenvalue weighted by Crippen LogP contribution is 2.39. The molecule has 23 heavy (non-hydrogen) atoms. The summed E-state index contributed by atoms with van der Waals surface area (Å²) in [6.45, 7) is 6.84. The summed E-state index contributed by atoms with van der Waals surface area (Å²) >= 11 is 0. The Hall–Kier alpha value is -1.46. The maximum atomic E-state index is 5.47. The molecular formula is C18H28N2O3. The lowest BCUT2D eigenvalue weighted by Crippen LogP contribution is -2.54. The molecule has 5 heteroatoms. The predicted octanol–water partition coefficient (Wildman–Crippen LogP) is 2.38. The standard InChI is InChI=1S/C18H28N2O3/c1-13-10-19-7-5-6-15(19)12-20(13)11-14-8-16(21-2)18(23-4)17(9-14)22-3/h8-9,13,15H,5-7,10-12H2,1-4H3/t13-,15?/m1/s1. The minimum atomic E-state index is 0.573. The maximum absolute atomic E-state index is 5.47. The Labute approximate surface area is 139 Å². The van der Waals surface area contributed by atoms with E-state index < -0.39 is 0 Å². The summed E-state index contributed by atoms with van der Waals surface area (Å²) in [5, 5.41) is 0. The number of hydrogen-bond acceptors (Lipinski definition) is 5. The van der Waals surface area contributed by atoms with Crippen molar-refractivity contribution in [3.05, 3.63) is 17.7 Å². The lowest BCUT2D eigenvalue weighted by Gasteiger charge is -2.42. The number of benzene rings is 1. The van der Waals surface area contributed by atoms with Gasteiger partial charge in [-0.15, -0.1) is 0 Å². The van der Waals surface area contributed by atoms with Gasteiger partial charge in [-0.1, -0.05) is 0 Å². The van der Waals surface area contributed by atoms with Crippen molar-refractivity contribution in [1.82, 2.24) is 9.80 Å². The van der Waals surface area contributed by atoms with Crippen LogP contribution in [0.3, 0.4) is 0 Å². The Morgan fingerprint density at radius 2 is 1.74 bits per heavy atom. The molecule has 0 aliphatic carbocycles. The molecule has 2 heterocycles. The van der Waals surface area contributed by atoms with E-state index in [1.165, 1.54) is 31.5 Å². The topological polar surface area (TPSA) is 34.2 Å². The molecule has 2 atom stereocenters. The van der Waals surface area contributed by atoms with E-state index in [9.17, 15) is 0 Å². The molecule has 0 radical (unpaired) electrons. The lowest BCUT2D eigenvalue weighted by molar-refractivity contribution is 0.0539. The fourth-order valence-corrected chi connectivity index (χ4v) is 3.93. The SMILES string of the molecule is COc1cc(CN2CC3CCCN3C[C@H]2C)cc(OC)c1OC. The van der Waals surface area contributed by atoms with Crippen molar-refractivity contribution in [3.63, 3.8) is 0 Å². The highest BCUT2D eigenvalue weighted by Gasteiger charge is 2.34. The molecule has 128 valence electrons. The summed E-state index contributed by atoms with van der Waals surface area (Å²) < 4.78 is 16.4. The minimum Gasteiger partial charge on any atom is -0.493 e. The van der Waals surface area contributed by atoms with Crippen molar-refractivity contribution in [2.45, 2.75) is 38.4 Å². The van der Waals surface area contributed by atoms with Crippen molar-refractivity contribution in [2.24, 2.45) is 0 Å². The average molecular weight is 320 g/mol. The maximum Gasteiger partial charge on any atom is 0.203 e. The summed E-state index contributed by atoms with van der Waals surface area (Å²) in [7, 11) is 4.98. The molecule has 2 saturated heterocycles. The van der Waals surface area contributed by atoms with Gasteiger partial charge in [-0.2, -0.15) is 0 Å². The van der Waals surface area contributed by atoms with E-state index in [1.54, 1.807) is 21.3 Å².